The van der Waals surface area contributed by atoms with Gasteiger partial charge in [-0.25, -0.2) is 8.42 Å². The van der Waals surface area contributed by atoms with Crippen molar-refractivity contribution >= 4 is 26.3 Å². The molecule has 132 valence electrons. The maximum atomic E-state index is 13.3. The molecule has 0 unspecified atom stereocenters. The molecule has 0 aliphatic carbocycles. The molecule has 2 aromatic carbocycles. The van der Waals surface area contributed by atoms with Gasteiger partial charge in [-0.05, 0) is 56.0 Å². The molecule has 1 saturated heterocycles. The van der Waals surface area contributed by atoms with Gasteiger partial charge < -0.3 is 4.90 Å². The van der Waals surface area contributed by atoms with Gasteiger partial charge in [-0.3, -0.25) is 0 Å². The Morgan fingerprint density at radius 1 is 0.960 bits per heavy atom. The van der Waals surface area contributed by atoms with Crippen molar-refractivity contribution in [2.24, 2.45) is 0 Å². The van der Waals surface area contributed by atoms with Crippen molar-refractivity contribution in [1.82, 2.24) is 4.90 Å². The Bertz CT molecular complexity index is 850. The van der Waals surface area contributed by atoms with Crippen LogP contribution in [-0.4, -0.2) is 26.4 Å². The van der Waals surface area contributed by atoms with E-state index in [4.69, 9.17) is 11.6 Å². The van der Waals surface area contributed by atoms with Gasteiger partial charge in [0.15, 0.2) is 0 Å². The summed E-state index contributed by atoms with van der Waals surface area (Å²) in [6.45, 7) is 3.72. The van der Waals surface area contributed by atoms with Crippen molar-refractivity contribution < 1.29 is 8.42 Å². The van der Waals surface area contributed by atoms with Crippen LogP contribution in [0.1, 0.15) is 30.4 Å². The quantitative estimate of drug-likeness (QED) is 0.762. The van der Waals surface area contributed by atoms with Crippen LogP contribution in [0.5, 0.6) is 0 Å². The van der Waals surface area contributed by atoms with Gasteiger partial charge in [-0.15, -0.1) is 0 Å². The standard InChI is InChI=1S/C20H22ClNO2S/c1-16-5-11-19(12-6-16)25(23,24)20(15-22-13-3-2-4-14-22)17-7-9-18(21)10-8-17/h5-12,15H,2-4,13-14H2,1H3/b20-15-. The summed E-state index contributed by atoms with van der Waals surface area (Å²) >= 11 is 5.98. The van der Waals surface area contributed by atoms with Gasteiger partial charge in [-0.1, -0.05) is 41.4 Å². The average Bonchev–Trinajstić information content (AvgIpc) is 2.62. The number of sulfone groups is 1. The normalized spacial score (nSPS) is 16.1. The lowest BCUT2D eigenvalue weighted by molar-refractivity contribution is 0.311. The third-order valence-corrected chi connectivity index (χ3v) is 6.50. The summed E-state index contributed by atoms with van der Waals surface area (Å²) in [5.41, 5.74) is 1.70. The fourth-order valence-electron chi connectivity index (χ4n) is 2.97. The zero-order valence-electron chi connectivity index (χ0n) is 14.3. The Morgan fingerprint density at radius 3 is 2.16 bits per heavy atom. The minimum absolute atomic E-state index is 0.316. The van der Waals surface area contributed by atoms with Gasteiger partial charge in [0.05, 0.1) is 9.80 Å². The summed E-state index contributed by atoms with van der Waals surface area (Å²) < 4.78 is 26.5. The third kappa shape index (κ3) is 4.25. The molecule has 0 aromatic heterocycles. The van der Waals surface area contributed by atoms with Gasteiger partial charge in [0.1, 0.15) is 0 Å². The Balaban J connectivity index is 2.07. The monoisotopic (exact) mass is 375 g/mol. The first-order valence-corrected chi connectivity index (χ1v) is 10.4. The minimum Gasteiger partial charge on any atom is -0.376 e. The van der Waals surface area contributed by atoms with E-state index in [1.165, 1.54) is 6.42 Å². The fourth-order valence-corrected chi connectivity index (χ4v) is 4.58. The predicted molar refractivity (Wildman–Crippen MR) is 103 cm³/mol. The number of rotatable bonds is 4. The molecule has 1 aliphatic heterocycles. The molecule has 2 aromatic rings. The maximum absolute atomic E-state index is 13.3. The molecule has 25 heavy (non-hydrogen) atoms. The SMILES string of the molecule is Cc1ccc(S(=O)(=O)/C(=C\N2CCCCC2)c2ccc(Cl)cc2)cc1. The molecule has 0 atom stereocenters. The van der Waals surface area contributed by atoms with Crippen LogP contribution in [0.15, 0.2) is 59.6 Å². The van der Waals surface area contributed by atoms with E-state index in [-0.39, 0.29) is 0 Å². The molecule has 5 heteroatoms. The lowest BCUT2D eigenvalue weighted by atomic mass is 10.1. The maximum Gasteiger partial charge on any atom is 0.208 e. The first kappa shape index (κ1) is 18.0. The van der Waals surface area contributed by atoms with Gasteiger partial charge in [0.25, 0.3) is 0 Å². The highest BCUT2D eigenvalue weighted by atomic mass is 35.5. The average molecular weight is 376 g/mol. The molecule has 0 bridgehead atoms. The van der Waals surface area contributed by atoms with Crippen molar-refractivity contribution in [1.29, 1.82) is 0 Å². The van der Waals surface area contributed by atoms with Crippen molar-refractivity contribution in [3.8, 4) is 0 Å². The zero-order valence-corrected chi connectivity index (χ0v) is 15.9. The smallest absolute Gasteiger partial charge is 0.208 e. The van der Waals surface area contributed by atoms with Crippen LogP contribution >= 0.6 is 11.6 Å². The van der Waals surface area contributed by atoms with Gasteiger partial charge in [-0.2, -0.15) is 0 Å². The number of aryl methyl sites for hydroxylation is 1. The van der Waals surface area contributed by atoms with E-state index in [2.05, 4.69) is 4.90 Å². The second-order valence-electron chi connectivity index (χ2n) is 6.41. The minimum atomic E-state index is -3.61. The van der Waals surface area contributed by atoms with E-state index in [1.54, 1.807) is 42.6 Å². The molecule has 1 heterocycles. The van der Waals surface area contributed by atoms with Crippen LogP contribution in [0.2, 0.25) is 5.02 Å². The Labute approximate surface area is 154 Å². The van der Waals surface area contributed by atoms with Gasteiger partial charge in [0, 0.05) is 24.3 Å². The topological polar surface area (TPSA) is 37.4 Å². The summed E-state index contributed by atoms with van der Waals surface area (Å²) in [7, 11) is -3.61. The molecule has 3 nitrogen and oxygen atoms in total. The van der Waals surface area contributed by atoms with Crippen LogP contribution < -0.4 is 0 Å². The molecule has 1 aliphatic rings. The number of nitrogens with zero attached hydrogens (tertiary/aromatic N) is 1. The van der Waals surface area contributed by atoms with E-state index < -0.39 is 9.84 Å². The van der Waals surface area contributed by atoms with E-state index in [0.717, 1.165) is 31.5 Å². The molecule has 0 spiro atoms. The van der Waals surface area contributed by atoms with Crippen LogP contribution in [0.4, 0.5) is 0 Å². The number of hydrogen-bond acceptors (Lipinski definition) is 3. The molecule has 0 saturated carbocycles. The predicted octanol–water partition coefficient (Wildman–Crippen LogP) is 4.91. The summed E-state index contributed by atoms with van der Waals surface area (Å²) in [6, 6.07) is 14.0. The molecular formula is C20H22ClNO2S. The Morgan fingerprint density at radius 2 is 1.56 bits per heavy atom. The molecule has 0 amide bonds. The van der Waals surface area contributed by atoms with E-state index in [9.17, 15) is 8.42 Å². The van der Waals surface area contributed by atoms with Crippen molar-refractivity contribution in [3.05, 3.63) is 70.9 Å². The molecule has 1 fully saturated rings. The first-order valence-electron chi connectivity index (χ1n) is 8.50. The first-order chi connectivity index (χ1) is 12.0. The lowest BCUT2D eigenvalue weighted by Crippen LogP contribution is -2.25. The fraction of sp³-hybridized carbons (Fsp3) is 0.300. The molecule has 3 rings (SSSR count). The second kappa shape index (κ2) is 7.63. The lowest BCUT2D eigenvalue weighted by Gasteiger charge is -2.26. The van der Waals surface area contributed by atoms with E-state index in [1.807, 2.05) is 19.1 Å². The summed E-state index contributed by atoms with van der Waals surface area (Å²) in [5.74, 6) is 0. The molecular weight excluding hydrogens is 354 g/mol. The summed E-state index contributed by atoms with van der Waals surface area (Å²) in [5, 5.41) is 0.591. The van der Waals surface area contributed by atoms with Crippen LogP contribution in [0, 0.1) is 6.92 Å². The third-order valence-electron chi connectivity index (χ3n) is 4.44. The summed E-state index contributed by atoms with van der Waals surface area (Å²) in [4.78, 5) is 2.75. The van der Waals surface area contributed by atoms with Crippen LogP contribution in [0.25, 0.3) is 4.91 Å². The Hall–Kier alpha value is -1.78. The number of halogens is 1. The highest BCUT2D eigenvalue weighted by Gasteiger charge is 2.24. The van der Waals surface area contributed by atoms with E-state index in [0.29, 0.717) is 20.4 Å². The van der Waals surface area contributed by atoms with Crippen molar-refractivity contribution in [2.45, 2.75) is 31.1 Å². The van der Waals surface area contributed by atoms with Crippen molar-refractivity contribution in [3.63, 3.8) is 0 Å². The summed E-state index contributed by atoms with van der Waals surface area (Å²) in [6.07, 6.45) is 5.19. The molecule has 0 radical (unpaired) electrons. The largest absolute Gasteiger partial charge is 0.376 e. The molecule has 0 N–H and O–H groups in total. The van der Waals surface area contributed by atoms with Gasteiger partial charge in [0.2, 0.25) is 9.84 Å². The van der Waals surface area contributed by atoms with Gasteiger partial charge >= 0.3 is 0 Å². The highest BCUT2D eigenvalue weighted by molar-refractivity contribution is 8.00. The van der Waals surface area contributed by atoms with Crippen molar-refractivity contribution in [2.75, 3.05) is 13.1 Å². The zero-order chi connectivity index (χ0) is 17.9. The number of likely N-dealkylation sites (tertiary alicyclic amines) is 1. The van der Waals surface area contributed by atoms with Crippen LogP contribution in [0.3, 0.4) is 0 Å². The number of benzene rings is 2. The highest BCUT2D eigenvalue weighted by Crippen LogP contribution is 2.30. The van der Waals surface area contributed by atoms with Crippen LogP contribution in [-0.2, 0) is 9.84 Å². The second-order valence-corrected chi connectivity index (χ2v) is 8.77. The number of piperidine rings is 1. The number of hydrogen-bond donors (Lipinski definition) is 0. The van der Waals surface area contributed by atoms with E-state index >= 15 is 0 Å². The Kier molecular flexibility index (Phi) is 5.50.